The molecule has 0 atom stereocenters. The van der Waals surface area contributed by atoms with E-state index in [0.29, 0.717) is 24.8 Å². The second-order valence-electron chi connectivity index (χ2n) is 6.04. The van der Waals surface area contributed by atoms with Gasteiger partial charge in [-0.2, -0.15) is 0 Å². The molecule has 5 heteroatoms. The number of halogens is 1. The Labute approximate surface area is 122 Å². The van der Waals surface area contributed by atoms with Crippen LogP contribution in [0.2, 0.25) is 0 Å². The first kappa shape index (κ1) is 14.0. The van der Waals surface area contributed by atoms with Crippen molar-refractivity contribution >= 4 is 17.0 Å². The van der Waals surface area contributed by atoms with Crippen molar-refractivity contribution in [3.63, 3.8) is 0 Å². The molecule has 3 rings (SSSR count). The number of fused-ring (bicyclic) bond motifs is 1. The average molecular weight is 290 g/mol. The van der Waals surface area contributed by atoms with Crippen LogP contribution in [0.5, 0.6) is 0 Å². The lowest BCUT2D eigenvalue weighted by atomic mass is 9.71. The molecule has 1 fully saturated rings. The lowest BCUT2D eigenvalue weighted by Crippen LogP contribution is -2.36. The van der Waals surface area contributed by atoms with Crippen LogP contribution in [0.4, 0.5) is 4.39 Å². The zero-order valence-corrected chi connectivity index (χ0v) is 12.1. The fraction of sp³-hybridized carbons (Fsp3) is 0.500. The normalized spacial score (nSPS) is 18.0. The van der Waals surface area contributed by atoms with Crippen molar-refractivity contribution in [2.24, 2.45) is 12.5 Å². The number of nitrogens with zero attached hydrogens (tertiary/aromatic N) is 2. The summed E-state index contributed by atoms with van der Waals surface area (Å²) in [7, 11) is 1.86. The predicted molar refractivity (Wildman–Crippen MR) is 77.5 cm³/mol. The minimum absolute atomic E-state index is 0.322. The number of aryl methyl sites for hydroxylation is 1. The van der Waals surface area contributed by atoms with Crippen LogP contribution in [-0.2, 0) is 18.3 Å². The first-order valence-electron chi connectivity index (χ1n) is 7.36. The molecule has 112 valence electrons. The number of imidazole rings is 1. The highest BCUT2D eigenvalue weighted by molar-refractivity contribution is 5.77. The fourth-order valence-corrected chi connectivity index (χ4v) is 3.38. The lowest BCUT2D eigenvalue weighted by molar-refractivity contribution is -0.151. The number of carboxylic acid groups (broad SMARTS) is 1. The van der Waals surface area contributed by atoms with E-state index in [1.54, 1.807) is 6.07 Å². The third-order valence-electron chi connectivity index (χ3n) is 4.70. The van der Waals surface area contributed by atoms with Crippen LogP contribution in [-0.4, -0.2) is 20.6 Å². The van der Waals surface area contributed by atoms with Gasteiger partial charge in [0.25, 0.3) is 0 Å². The van der Waals surface area contributed by atoms with Crippen LogP contribution in [0.3, 0.4) is 0 Å². The smallest absolute Gasteiger partial charge is 0.310 e. The molecule has 1 aromatic heterocycles. The van der Waals surface area contributed by atoms with Gasteiger partial charge in [0, 0.05) is 19.5 Å². The maximum atomic E-state index is 13.3. The Bertz CT molecular complexity index is 687. The van der Waals surface area contributed by atoms with E-state index in [1.165, 1.54) is 12.1 Å². The molecule has 0 saturated heterocycles. The maximum absolute atomic E-state index is 13.3. The van der Waals surface area contributed by atoms with Gasteiger partial charge in [0.05, 0.1) is 16.4 Å². The Morgan fingerprint density at radius 3 is 2.76 bits per heavy atom. The standard InChI is InChI=1S/C16H19FN2O2/c1-19-13-6-5-11(17)9-12(13)18-14(19)10-16(15(20)21)7-3-2-4-8-16/h5-6,9H,2-4,7-8,10H2,1H3,(H,20,21). The minimum atomic E-state index is -0.736. The van der Waals surface area contributed by atoms with E-state index in [0.717, 1.165) is 30.6 Å². The van der Waals surface area contributed by atoms with Gasteiger partial charge in [0.15, 0.2) is 0 Å². The monoisotopic (exact) mass is 290 g/mol. The average Bonchev–Trinajstić information content (AvgIpc) is 2.75. The molecule has 1 aliphatic rings. The summed E-state index contributed by atoms with van der Waals surface area (Å²) in [6.07, 6.45) is 4.80. The number of hydrogen-bond donors (Lipinski definition) is 1. The van der Waals surface area contributed by atoms with E-state index in [4.69, 9.17) is 0 Å². The molecule has 0 amide bonds. The molecule has 1 saturated carbocycles. The Kier molecular flexibility index (Phi) is 3.43. The molecule has 1 aromatic carbocycles. The topological polar surface area (TPSA) is 55.1 Å². The van der Waals surface area contributed by atoms with Gasteiger partial charge in [-0.05, 0) is 25.0 Å². The van der Waals surface area contributed by atoms with Gasteiger partial charge in [0.2, 0.25) is 0 Å². The van der Waals surface area contributed by atoms with Crippen molar-refractivity contribution in [3.05, 3.63) is 29.8 Å². The number of carbonyl (C=O) groups is 1. The van der Waals surface area contributed by atoms with Crippen LogP contribution < -0.4 is 0 Å². The van der Waals surface area contributed by atoms with Crippen molar-refractivity contribution in [1.29, 1.82) is 0 Å². The van der Waals surface area contributed by atoms with Crippen LogP contribution >= 0.6 is 0 Å². The quantitative estimate of drug-likeness (QED) is 0.943. The molecule has 4 nitrogen and oxygen atoms in total. The van der Waals surface area contributed by atoms with E-state index in [-0.39, 0.29) is 5.82 Å². The lowest BCUT2D eigenvalue weighted by Gasteiger charge is -2.32. The first-order valence-corrected chi connectivity index (χ1v) is 7.36. The number of carboxylic acids is 1. The third-order valence-corrected chi connectivity index (χ3v) is 4.70. The number of benzene rings is 1. The van der Waals surface area contributed by atoms with Gasteiger partial charge in [-0.15, -0.1) is 0 Å². The summed E-state index contributed by atoms with van der Waals surface area (Å²) < 4.78 is 15.2. The third kappa shape index (κ3) is 2.41. The van der Waals surface area contributed by atoms with Gasteiger partial charge in [-0.1, -0.05) is 19.3 Å². The van der Waals surface area contributed by atoms with Crippen molar-refractivity contribution in [2.45, 2.75) is 38.5 Å². The van der Waals surface area contributed by atoms with Gasteiger partial charge in [-0.3, -0.25) is 4.79 Å². The minimum Gasteiger partial charge on any atom is -0.481 e. The van der Waals surface area contributed by atoms with E-state index >= 15 is 0 Å². The van der Waals surface area contributed by atoms with Crippen molar-refractivity contribution in [2.75, 3.05) is 0 Å². The van der Waals surface area contributed by atoms with Crippen molar-refractivity contribution in [3.8, 4) is 0 Å². The largest absolute Gasteiger partial charge is 0.481 e. The summed E-state index contributed by atoms with van der Waals surface area (Å²) in [6, 6.07) is 4.49. The van der Waals surface area contributed by atoms with Gasteiger partial charge < -0.3 is 9.67 Å². The molecule has 1 N–H and O–H groups in total. The second-order valence-corrected chi connectivity index (χ2v) is 6.04. The number of aromatic nitrogens is 2. The van der Waals surface area contributed by atoms with Gasteiger partial charge in [0.1, 0.15) is 11.6 Å². The number of rotatable bonds is 3. The molecule has 0 bridgehead atoms. The summed E-state index contributed by atoms with van der Waals surface area (Å²) in [4.78, 5) is 16.2. The zero-order chi connectivity index (χ0) is 15.0. The summed E-state index contributed by atoms with van der Waals surface area (Å²) in [5.74, 6) is -0.335. The first-order chi connectivity index (χ1) is 10.0. The van der Waals surface area contributed by atoms with Gasteiger partial charge in [-0.25, -0.2) is 9.37 Å². The number of aliphatic carboxylic acids is 1. The van der Waals surface area contributed by atoms with Crippen molar-refractivity contribution < 1.29 is 14.3 Å². The SMILES string of the molecule is Cn1c(CC2(C(=O)O)CCCCC2)nc2cc(F)ccc21. The summed E-state index contributed by atoms with van der Waals surface area (Å²) >= 11 is 0. The second kappa shape index (κ2) is 5.13. The zero-order valence-electron chi connectivity index (χ0n) is 12.1. The Morgan fingerprint density at radius 2 is 2.10 bits per heavy atom. The molecule has 1 heterocycles. The predicted octanol–water partition coefficient (Wildman–Crippen LogP) is 3.29. The summed E-state index contributed by atoms with van der Waals surface area (Å²) in [5.41, 5.74) is 0.706. The Morgan fingerprint density at radius 1 is 1.38 bits per heavy atom. The van der Waals surface area contributed by atoms with Crippen LogP contribution in [0.25, 0.3) is 11.0 Å². The summed E-state index contributed by atoms with van der Waals surface area (Å²) in [6.45, 7) is 0. The molecule has 0 spiro atoms. The van der Waals surface area contributed by atoms with Crippen LogP contribution in [0.15, 0.2) is 18.2 Å². The van der Waals surface area contributed by atoms with E-state index in [2.05, 4.69) is 4.98 Å². The molecular formula is C16H19FN2O2. The molecule has 2 aromatic rings. The number of hydrogen-bond acceptors (Lipinski definition) is 2. The van der Waals surface area contributed by atoms with Crippen LogP contribution in [0, 0.1) is 11.2 Å². The molecule has 0 aliphatic heterocycles. The Hall–Kier alpha value is -1.91. The van der Waals surface area contributed by atoms with E-state index in [9.17, 15) is 14.3 Å². The van der Waals surface area contributed by atoms with E-state index < -0.39 is 11.4 Å². The highest BCUT2D eigenvalue weighted by Gasteiger charge is 2.40. The molecule has 1 aliphatic carbocycles. The fourth-order valence-electron chi connectivity index (χ4n) is 3.38. The molecule has 0 unspecified atom stereocenters. The highest BCUT2D eigenvalue weighted by Crippen LogP contribution is 2.39. The van der Waals surface area contributed by atoms with Crippen LogP contribution in [0.1, 0.15) is 37.9 Å². The summed E-state index contributed by atoms with van der Waals surface area (Å²) in [5, 5.41) is 9.66. The highest BCUT2D eigenvalue weighted by atomic mass is 19.1. The van der Waals surface area contributed by atoms with E-state index in [1.807, 2.05) is 11.6 Å². The molecule has 21 heavy (non-hydrogen) atoms. The maximum Gasteiger partial charge on any atom is 0.310 e. The molecule has 0 radical (unpaired) electrons. The van der Waals surface area contributed by atoms with Crippen molar-refractivity contribution in [1.82, 2.24) is 9.55 Å². The Balaban J connectivity index is 2.00. The van der Waals surface area contributed by atoms with Gasteiger partial charge >= 0.3 is 5.97 Å². The molecular weight excluding hydrogens is 271 g/mol.